The minimum Gasteiger partial charge on any atom is -0.456 e. The SMILES string of the molecule is C[C@@H]1CCC[C@H](NC(=O)C2=C[C@H](O)[C@H](O)[C@@H](O[C@H]([C@H]3O[C@@H](n4ccc(=O)[nH]c4=O)[C@H](O)[C@@H]3O[13CH3])[13C](N)=O)O2)[13C](=O)N1. The Morgan fingerprint density at radius 2 is 1.93 bits per heavy atom. The fourth-order valence-electron chi connectivity index (χ4n) is 4.93. The Labute approximate surface area is 232 Å². The molecule has 0 saturated carbocycles. The van der Waals surface area contributed by atoms with Gasteiger partial charge in [-0.25, -0.2) is 4.79 Å². The molecule has 3 aliphatic heterocycles. The van der Waals surface area contributed by atoms with Crippen LogP contribution in [0.1, 0.15) is 32.4 Å². The molecule has 4 heterocycles. The number of primary amides is 1. The van der Waals surface area contributed by atoms with Crippen molar-refractivity contribution in [2.24, 2.45) is 5.73 Å². The molecule has 0 aliphatic carbocycles. The molecule has 41 heavy (non-hydrogen) atoms. The number of aliphatic hydroxyl groups is 3. The van der Waals surface area contributed by atoms with Crippen molar-refractivity contribution in [2.75, 3.05) is 7.11 Å². The summed E-state index contributed by atoms with van der Waals surface area (Å²) in [7, 11) is 1.19. The zero-order valence-corrected chi connectivity index (χ0v) is 22.2. The first-order valence-electron chi connectivity index (χ1n) is 12.9. The highest BCUT2D eigenvalue weighted by Gasteiger charge is 2.52. The Hall–Kier alpha value is -3.61. The molecule has 17 nitrogen and oxygen atoms in total. The number of H-pyrrole nitrogens is 1. The molecule has 2 saturated heterocycles. The highest BCUT2D eigenvalue weighted by Crippen LogP contribution is 2.34. The number of hydrogen-bond donors (Lipinski definition) is 7. The first-order valence-corrected chi connectivity index (χ1v) is 12.9. The number of aliphatic hydroxyl groups excluding tert-OH is 3. The van der Waals surface area contributed by atoms with E-state index in [1.165, 1.54) is 7.11 Å². The van der Waals surface area contributed by atoms with E-state index in [0.29, 0.717) is 12.8 Å². The molecule has 0 spiro atoms. The van der Waals surface area contributed by atoms with Crippen molar-refractivity contribution in [1.82, 2.24) is 20.2 Å². The van der Waals surface area contributed by atoms with Crippen molar-refractivity contribution in [2.45, 2.75) is 87.4 Å². The van der Waals surface area contributed by atoms with Crippen LogP contribution in [0.3, 0.4) is 0 Å². The molecular formula is C24H33N5O12. The number of carbonyl (C=O) groups excluding carboxylic acids is 3. The molecule has 8 N–H and O–H groups in total. The van der Waals surface area contributed by atoms with E-state index in [0.717, 1.165) is 29.3 Å². The molecule has 17 heteroatoms. The van der Waals surface area contributed by atoms with E-state index in [-0.39, 0.29) is 11.9 Å². The van der Waals surface area contributed by atoms with Crippen molar-refractivity contribution in [1.29, 1.82) is 0 Å². The Bertz CT molecular complexity index is 1300. The summed E-state index contributed by atoms with van der Waals surface area (Å²) in [5.74, 6) is -2.92. The number of rotatable bonds is 8. The van der Waals surface area contributed by atoms with Crippen molar-refractivity contribution in [3.8, 4) is 0 Å². The van der Waals surface area contributed by atoms with E-state index >= 15 is 0 Å². The van der Waals surface area contributed by atoms with Crippen molar-refractivity contribution in [3.05, 3.63) is 44.9 Å². The van der Waals surface area contributed by atoms with Crippen LogP contribution in [0.15, 0.2) is 33.7 Å². The molecule has 10 atom stereocenters. The first kappa shape index (κ1) is 30.4. The van der Waals surface area contributed by atoms with Crippen molar-refractivity contribution in [3.63, 3.8) is 0 Å². The third-order valence-electron chi connectivity index (χ3n) is 7.06. The number of ether oxygens (including phenoxy) is 4. The van der Waals surface area contributed by atoms with E-state index < -0.39 is 84.0 Å². The third kappa shape index (κ3) is 6.50. The average Bonchev–Trinajstić information content (AvgIpc) is 3.14. The van der Waals surface area contributed by atoms with Crippen molar-refractivity contribution >= 4 is 17.7 Å². The van der Waals surface area contributed by atoms with E-state index in [2.05, 4.69) is 10.6 Å². The van der Waals surface area contributed by atoms with Gasteiger partial charge in [0.2, 0.25) is 18.1 Å². The summed E-state index contributed by atoms with van der Waals surface area (Å²) in [6.07, 6.45) is -9.19. The maximum absolute atomic E-state index is 12.9. The molecular weight excluding hydrogens is 553 g/mol. The number of nitrogens with two attached hydrogens (primary N) is 1. The summed E-state index contributed by atoms with van der Waals surface area (Å²) in [6.45, 7) is 1.84. The number of amides is 3. The second-order valence-corrected chi connectivity index (χ2v) is 10.0. The minimum atomic E-state index is -1.84. The molecule has 0 unspecified atom stereocenters. The lowest BCUT2D eigenvalue weighted by molar-refractivity contribution is -0.241. The van der Waals surface area contributed by atoms with Gasteiger partial charge in [0, 0.05) is 25.4 Å². The predicted molar refractivity (Wildman–Crippen MR) is 134 cm³/mol. The van der Waals surface area contributed by atoms with E-state index in [1.807, 2.05) is 11.9 Å². The average molecular weight is 587 g/mol. The van der Waals surface area contributed by atoms with Crippen LogP contribution in [-0.4, -0.2) is 105 Å². The Balaban J connectivity index is 1.51. The highest BCUT2D eigenvalue weighted by atomic mass is 16.7. The number of methoxy groups -OCH3 is 1. The summed E-state index contributed by atoms with van der Waals surface area (Å²) in [6, 6.07) is 0.0768. The monoisotopic (exact) mass is 586 g/mol. The zero-order valence-electron chi connectivity index (χ0n) is 22.2. The molecule has 3 amide bonds. The summed E-state index contributed by atoms with van der Waals surface area (Å²) < 4.78 is 22.9. The number of aromatic amines is 1. The molecule has 0 bridgehead atoms. The number of hydrogen-bond acceptors (Lipinski definition) is 12. The van der Waals surface area contributed by atoms with Crippen LogP contribution in [-0.2, 0) is 33.3 Å². The Kier molecular flexibility index (Phi) is 9.25. The lowest BCUT2D eigenvalue weighted by Crippen LogP contribution is -2.54. The predicted octanol–water partition coefficient (Wildman–Crippen LogP) is -4.18. The zero-order chi connectivity index (χ0) is 30.0. The molecule has 4 rings (SSSR count). The molecule has 2 fully saturated rings. The number of carbonyl (C=O) groups is 3. The van der Waals surface area contributed by atoms with Gasteiger partial charge in [-0.3, -0.25) is 28.7 Å². The standard InChI is InChI=1S/C24H33N5O12/c1-9-4-3-5-10(20(35)26-9)27-21(36)12-8-11(30)14(32)23(39-12)41-18(19(25)34)17-16(38-2)15(33)22(40-17)29-7-6-13(31)28-24(29)37/h6-11,14-18,22-23,30,32-33H,3-5H2,1-2H3,(H2,25,34)(H,26,35)(H,27,36)(H,28,31,37)/t9-,10+,11+,14+,15-,16+,17+,18-,22-,23-/m1/s1/i2+1,19+1,20+1. The minimum absolute atomic E-state index is 0.0651. The number of nitrogens with zero attached hydrogens (tertiary/aromatic N) is 1. The van der Waals surface area contributed by atoms with Gasteiger partial charge < -0.3 is 50.6 Å². The topological polar surface area (TPSA) is 254 Å². The molecule has 226 valence electrons. The van der Waals surface area contributed by atoms with E-state index in [1.54, 1.807) is 0 Å². The molecule has 1 aromatic heterocycles. The summed E-state index contributed by atoms with van der Waals surface area (Å²) in [4.78, 5) is 63.5. The van der Waals surface area contributed by atoms with Crippen LogP contribution in [0.4, 0.5) is 0 Å². The lowest BCUT2D eigenvalue weighted by Gasteiger charge is -2.35. The molecule has 3 aliphatic rings. The molecule has 1 aromatic rings. The fraction of sp³-hybridized carbons (Fsp3) is 0.625. The van der Waals surface area contributed by atoms with Crippen LogP contribution in [0.25, 0.3) is 0 Å². The normalized spacial score (nSPS) is 34.5. The highest BCUT2D eigenvalue weighted by molar-refractivity contribution is 5.95. The van der Waals surface area contributed by atoms with E-state index in [9.17, 15) is 39.3 Å². The Morgan fingerprint density at radius 3 is 2.59 bits per heavy atom. The van der Waals surface area contributed by atoms with Crippen molar-refractivity contribution < 1.29 is 48.7 Å². The number of aromatic nitrogens is 2. The van der Waals surface area contributed by atoms with Crippen LogP contribution in [0.5, 0.6) is 0 Å². The quantitative estimate of drug-likeness (QED) is 0.143. The largest absolute Gasteiger partial charge is 0.456 e. The Morgan fingerprint density at radius 1 is 1.20 bits per heavy atom. The molecule has 0 radical (unpaired) electrons. The summed E-state index contributed by atoms with van der Waals surface area (Å²) >= 11 is 0. The summed E-state index contributed by atoms with van der Waals surface area (Å²) in [5, 5.41) is 37.0. The van der Waals surface area contributed by atoms with Gasteiger partial charge in [-0.1, -0.05) is 0 Å². The van der Waals surface area contributed by atoms with Gasteiger partial charge in [-0.2, -0.15) is 0 Å². The summed E-state index contributed by atoms with van der Waals surface area (Å²) in [5.41, 5.74) is 3.92. The smallest absolute Gasteiger partial charge is 0.330 e. The fourth-order valence-corrected chi connectivity index (χ4v) is 4.93. The second-order valence-electron chi connectivity index (χ2n) is 10.0. The second kappa shape index (κ2) is 12.5. The van der Waals surface area contributed by atoms with Crippen LogP contribution < -0.4 is 27.6 Å². The maximum atomic E-state index is 12.9. The van der Waals surface area contributed by atoms with Gasteiger partial charge in [0.05, 0.1) is 0 Å². The van der Waals surface area contributed by atoms with Gasteiger partial charge in [-0.15, -0.1) is 0 Å². The van der Waals surface area contributed by atoms with Gasteiger partial charge >= 0.3 is 5.69 Å². The molecule has 0 aromatic carbocycles. The van der Waals surface area contributed by atoms with Gasteiger partial charge in [0.1, 0.15) is 36.6 Å². The number of nitrogens with one attached hydrogen (secondary N) is 3. The van der Waals surface area contributed by atoms with Gasteiger partial charge in [0.25, 0.3) is 11.5 Å². The van der Waals surface area contributed by atoms with Crippen LogP contribution >= 0.6 is 0 Å². The van der Waals surface area contributed by atoms with Crippen LogP contribution in [0, 0.1) is 0 Å². The third-order valence-corrected chi connectivity index (χ3v) is 7.06. The van der Waals surface area contributed by atoms with Gasteiger partial charge in [0.15, 0.2) is 18.1 Å². The maximum Gasteiger partial charge on any atom is 0.330 e. The first-order chi connectivity index (χ1) is 19.4. The lowest BCUT2D eigenvalue weighted by atomic mass is 10.1. The van der Waals surface area contributed by atoms with Crippen LogP contribution in [0.2, 0.25) is 0 Å². The van der Waals surface area contributed by atoms with Gasteiger partial charge in [-0.05, 0) is 32.3 Å². The van der Waals surface area contributed by atoms with E-state index in [4.69, 9.17) is 24.7 Å².